The Balaban J connectivity index is 1.88. The number of ether oxygens (including phenoxy) is 1. The van der Waals surface area contributed by atoms with Crippen LogP contribution in [0.3, 0.4) is 0 Å². The minimum absolute atomic E-state index is 0.536. The fourth-order valence-corrected chi connectivity index (χ4v) is 2.14. The van der Waals surface area contributed by atoms with Gasteiger partial charge in [0, 0.05) is 11.6 Å². The Morgan fingerprint density at radius 2 is 1.85 bits per heavy atom. The third-order valence-electron chi connectivity index (χ3n) is 3.28. The van der Waals surface area contributed by atoms with Crippen molar-refractivity contribution in [2.75, 3.05) is 5.73 Å². The van der Waals surface area contributed by atoms with Gasteiger partial charge in [0.2, 0.25) is 0 Å². The molecule has 2 N–H and O–H groups in total. The summed E-state index contributed by atoms with van der Waals surface area (Å²) in [6.45, 7) is 2.61. The summed E-state index contributed by atoms with van der Waals surface area (Å²) < 4.78 is 5.90. The van der Waals surface area contributed by atoms with Crippen LogP contribution in [0.1, 0.15) is 11.1 Å². The first kappa shape index (κ1) is 12.5. The number of hydrogen-bond donors (Lipinski definition) is 1. The summed E-state index contributed by atoms with van der Waals surface area (Å²) in [6.07, 6.45) is 1.74. The zero-order chi connectivity index (χ0) is 13.9. The van der Waals surface area contributed by atoms with E-state index in [0.29, 0.717) is 12.3 Å². The predicted molar refractivity (Wildman–Crippen MR) is 81.7 cm³/mol. The minimum Gasteiger partial charge on any atom is -0.488 e. The standard InChI is InChI=1S/C17H16N2O/c1-12-4-6-13(7-5-12)11-20-16-9-8-15(18)17-14(16)3-2-10-19-17/h2-10H,11,18H2,1H3. The van der Waals surface area contributed by atoms with Gasteiger partial charge in [0.25, 0.3) is 0 Å². The zero-order valence-electron chi connectivity index (χ0n) is 11.3. The number of aromatic nitrogens is 1. The lowest BCUT2D eigenvalue weighted by Gasteiger charge is -2.10. The smallest absolute Gasteiger partial charge is 0.129 e. The van der Waals surface area contributed by atoms with Crippen molar-refractivity contribution < 1.29 is 4.74 Å². The minimum atomic E-state index is 0.536. The van der Waals surface area contributed by atoms with Crippen molar-refractivity contribution in [3.63, 3.8) is 0 Å². The van der Waals surface area contributed by atoms with Gasteiger partial charge in [-0.2, -0.15) is 0 Å². The van der Waals surface area contributed by atoms with Crippen LogP contribution < -0.4 is 10.5 Å². The van der Waals surface area contributed by atoms with E-state index in [1.165, 1.54) is 5.56 Å². The van der Waals surface area contributed by atoms with Gasteiger partial charge >= 0.3 is 0 Å². The first-order valence-electron chi connectivity index (χ1n) is 6.55. The van der Waals surface area contributed by atoms with Crippen molar-refractivity contribution in [1.29, 1.82) is 0 Å². The summed E-state index contributed by atoms with van der Waals surface area (Å²) in [7, 11) is 0. The maximum absolute atomic E-state index is 5.93. The van der Waals surface area contributed by atoms with E-state index in [4.69, 9.17) is 10.5 Å². The van der Waals surface area contributed by atoms with E-state index >= 15 is 0 Å². The van der Waals surface area contributed by atoms with Gasteiger partial charge in [-0.15, -0.1) is 0 Å². The van der Waals surface area contributed by atoms with Crippen molar-refractivity contribution in [2.24, 2.45) is 0 Å². The maximum atomic E-state index is 5.93. The third kappa shape index (κ3) is 2.43. The lowest BCUT2D eigenvalue weighted by atomic mass is 10.1. The third-order valence-corrected chi connectivity index (χ3v) is 3.28. The number of pyridine rings is 1. The first-order chi connectivity index (χ1) is 9.74. The van der Waals surface area contributed by atoms with Crippen LogP contribution in [0.2, 0.25) is 0 Å². The summed E-state index contributed by atoms with van der Waals surface area (Å²) in [5.41, 5.74) is 9.78. The second kappa shape index (κ2) is 5.21. The van der Waals surface area contributed by atoms with Gasteiger partial charge in [0.15, 0.2) is 0 Å². The van der Waals surface area contributed by atoms with Crippen molar-refractivity contribution in [3.8, 4) is 5.75 Å². The Kier molecular flexibility index (Phi) is 3.25. The monoisotopic (exact) mass is 264 g/mol. The molecule has 2 aromatic carbocycles. The molecule has 0 unspecified atom stereocenters. The highest BCUT2D eigenvalue weighted by Crippen LogP contribution is 2.28. The average Bonchev–Trinajstić information content (AvgIpc) is 2.49. The Morgan fingerprint density at radius 1 is 1.05 bits per heavy atom. The second-order valence-corrected chi connectivity index (χ2v) is 4.83. The molecule has 3 rings (SSSR count). The summed E-state index contributed by atoms with van der Waals surface area (Å²) in [4.78, 5) is 4.30. The maximum Gasteiger partial charge on any atom is 0.129 e. The number of nitrogens with two attached hydrogens (primary N) is 1. The molecule has 100 valence electrons. The molecule has 0 saturated carbocycles. The molecule has 3 aromatic rings. The van der Waals surface area contributed by atoms with Crippen molar-refractivity contribution in [1.82, 2.24) is 4.98 Å². The molecule has 0 atom stereocenters. The van der Waals surface area contributed by atoms with Crippen LogP contribution in [0.4, 0.5) is 5.69 Å². The molecule has 0 amide bonds. The van der Waals surface area contributed by atoms with Gasteiger partial charge < -0.3 is 10.5 Å². The Morgan fingerprint density at radius 3 is 2.65 bits per heavy atom. The van der Waals surface area contributed by atoms with E-state index in [0.717, 1.165) is 22.2 Å². The molecule has 3 heteroatoms. The quantitative estimate of drug-likeness (QED) is 0.734. The van der Waals surface area contributed by atoms with E-state index in [2.05, 4.69) is 36.2 Å². The van der Waals surface area contributed by atoms with Gasteiger partial charge in [-0.05, 0) is 36.8 Å². The van der Waals surface area contributed by atoms with E-state index in [1.54, 1.807) is 6.20 Å². The zero-order valence-corrected chi connectivity index (χ0v) is 11.3. The number of nitrogens with zero attached hydrogens (tertiary/aromatic N) is 1. The van der Waals surface area contributed by atoms with Gasteiger partial charge in [-0.3, -0.25) is 4.98 Å². The first-order valence-corrected chi connectivity index (χ1v) is 6.55. The Hall–Kier alpha value is -2.55. The summed E-state index contributed by atoms with van der Waals surface area (Å²) in [5.74, 6) is 0.808. The molecular formula is C17H16N2O. The fourth-order valence-electron chi connectivity index (χ4n) is 2.14. The molecule has 1 heterocycles. The van der Waals surface area contributed by atoms with Crippen molar-refractivity contribution in [3.05, 3.63) is 65.9 Å². The van der Waals surface area contributed by atoms with Crippen LogP contribution in [-0.4, -0.2) is 4.98 Å². The lowest BCUT2D eigenvalue weighted by Crippen LogP contribution is -1.98. The fraction of sp³-hybridized carbons (Fsp3) is 0.118. The van der Waals surface area contributed by atoms with Crippen LogP contribution in [0, 0.1) is 6.92 Å². The van der Waals surface area contributed by atoms with Crippen molar-refractivity contribution >= 4 is 16.6 Å². The largest absolute Gasteiger partial charge is 0.488 e. The van der Waals surface area contributed by atoms with E-state index in [-0.39, 0.29) is 0 Å². The second-order valence-electron chi connectivity index (χ2n) is 4.83. The van der Waals surface area contributed by atoms with Gasteiger partial charge in [-0.25, -0.2) is 0 Å². The molecule has 0 aliphatic rings. The molecule has 20 heavy (non-hydrogen) atoms. The summed E-state index contributed by atoms with van der Waals surface area (Å²) in [6, 6.07) is 15.9. The van der Waals surface area contributed by atoms with Crippen molar-refractivity contribution in [2.45, 2.75) is 13.5 Å². The highest BCUT2D eigenvalue weighted by Gasteiger charge is 2.06. The normalized spacial score (nSPS) is 10.7. The van der Waals surface area contributed by atoms with Crippen LogP contribution in [-0.2, 0) is 6.61 Å². The van der Waals surface area contributed by atoms with E-state index < -0.39 is 0 Å². The molecule has 0 aliphatic heterocycles. The molecular weight excluding hydrogens is 248 g/mol. The highest BCUT2D eigenvalue weighted by molar-refractivity contribution is 5.93. The molecule has 3 nitrogen and oxygen atoms in total. The predicted octanol–water partition coefficient (Wildman–Crippen LogP) is 3.70. The highest BCUT2D eigenvalue weighted by atomic mass is 16.5. The summed E-state index contributed by atoms with van der Waals surface area (Å²) >= 11 is 0. The molecule has 0 radical (unpaired) electrons. The molecule has 0 fully saturated rings. The van der Waals surface area contributed by atoms with Crippen LogP contribution in [0.15, 0.2) is 54.7 Å². The number of nitrogen functional groups attached to an aromatic ring is 1. The lowest BCUT2D eigenvalue weighted by molar-refractivity contribution is 0.310. The molecule has 0 aliphatic carbocycles. The van der Waals surface area contributed by atoms with Crippen LogP contribution in [0.25, 0.3) is 10.9 Å². The van der Waals surface area contributed by atoms with Gasteiger partial charge in [0.1, 0.15) is 12.4 Å². The average molecular weight is 264 g/mol. The SMILES string of the molecule is Cc1ccc(COc2ccc(N)c3ncccc23)cc1. The number of hydrogen-bond acceptors (Lipinski definition) is 3. The number of anilines is 1. The Bertz CT molecular complexity index is 736. The molecule has 0 saturated heterocycles. The van der Waals surface area contributed by atoms with Crippen LogP contribution >= 0.6 is 0 Å². The van der Waals surface area contributed by atoms with E-state index in [9.17, 15) is 0 Å². The topological polar surface area (TPSA) is 48.1 Å². The van der Waals surface area contributed by atoms with Gasteiger partial charge in [-0.1, -0.05) is 29.8 Å². The molecule has 0 bridgehead atoms. The van der Waals surface area contributed by atoms with Gasteiger partial charge in [0.05, 0.1) is 11.2 Å². The molecule has 1 aromatic heterocycles. The number of fused-ring (bicyclic) bond motifs is 1. The van der Waals surface area contributed by atoms with Crippen LogP contribution in [0.5, 0.6) is 5.75 Å². The molecule has 0 spiro atoms. The Labute approximate surface area is 118 Å². The number of benzene rings is 2. The number of aryl methyl sites for hydroxylation is 1. The van der Waals surface area contributed by atoms with E-state index in [1.807, 2.05) is 24.3 Å². The summed E-state index contributed by atoms with van der Waals surface area (Å²) in [5, 5.41) is 0.944. The number of rotatable bonds is 3.